The molecule has 7 heteroatoms. The molecule has 1 aliphatic heterocycles. The Labute approximate surface area is 161 Å². The van der Waals surface area contributed by atoms with E-state index in [2.05, 4.69) is 5.32 Å². The lowest BCUT2D eigenvalue weighted by Gasteiger charge is -2.17. The third kappa shape index (κ3) is 4.48. The van der Waals surface area contributed by atoms with Crippen LogP contribution in [0.1, 0.15) is 6.42 Å². The largest absolute Gasteiger partial charge is 0.490 e. The molecule has 1 N–H and O–H groups in total. The summed E-state index contributed by atoms with van der Waals surface area (Å²) < 4.78 is 5.54. The predicted octanol–water partition coefficient (Wildman–Crippen LogP) is 3.54. The fourth-order valence-corrected chi connectivity index (χ4v) is 3.11. The van der Waals surface area contributed by atoms with Crippen LogP contribution in [0.25, 0.3) is 0 Å². The number of ether oxygens (including phenoxy) is 1. The van der Waals surface area contributed by atoms with E-state index in [0.29, 0.717) is 35.5 Å². The number of anilines is 1. The van der Waals surface area contributed by atoms with Crippen molar-refractivity contribution in [2.45, 2.75) is 6.42 Å². The van der Waals surface area contributed by atoms with Crippen molar-refractivity contribution >= 4 is 40.7 Å². The van der Waals surface area contributed by atoms with E-state index in [-0.39, 0.29) is 24.2 Å². The van der Waals surface area contributed by atoms with Crippen LogP contribution in [-0.2, 0) is 9.59 Å². The van der Waals surface area contributed by atoms with Crippen molar-refractivity contribution in [3.05, 3.63) is 58.6 Å². The number of amides is 2. The number of nitrogens with one attached hydrogen (secondary N) is 1. The first-order valence-corrected chi connectivity index (χ1v) is 9.01. The van der Waals surface area contributed by atoms with E-state index in [1.807, 2.05) is 12.1 Å². The van der Waals surface area contributed by atoms with Gasteiger partial charge in [-0.2, -0.15) is 0 Å². The van der Waals surface area contributed by atoms with Crippen molar-refractivity contribution < 1.29 is 14.3 Å². The van der Waals surface area contributed by atoms with E-state index in [0.717, 1.165) is 5.69 Å². The molecule has 1 heterocycles. The minimum Gasteiger partial charge on any atom is -0.490 e. The summed E-state index contributed by atoms with van der Waals surface area (Å²) in [4.78, 5) is 26.1. The lowest BCUT2D eigenvalue weighted by Crippen LogP contribution is -2.35. The van der Waals surface area contributed by atoms with Crippen molar-refractivity contribution in [3.63, 3.8) is 0 Å². The molecular formula is C19H18Cl2N2O3. The second kappa shape index (κ2) is 8.43. The molecule has 1 atom stereocenters. The average Bonchev–Trinajstić information content (AvgIpc) is 3.02. The molecule has 0 aromatic heterocycles. The van der Waals surface area contributed by atoms with Gasteiger partial charge in [0.25, 0.3) is 0 Å². The van der Waals surface area contributed by atoms with Crippen molar-refractivity contribution in [2.75, 3.05) is 24.6 Å². The Kier molecular flexibility index (Phi) is 6.01. The van der Waals surface area contributed by atoms with E-state index >= 15 is 0 Å². The number of rotatable bonds is 6. The molecular weight excluding hydrogens is 375 g/mol. The third-order valence-electron chi connectivity index (χ3n) is 4.13. The minimum atomic E-state index is -0.376. The highest BCUT2D eigenvalue weighted by atomic mass is 35.5. The quantitative estimate of drug-likeness (QED) is 0.764. The van der Waals surface area contributed by atoms with Gasteiger partial charge in [-0.15, -0.1) is 0 Å². The molecule has 2 aromatic carbocycles. The number of carbonyl (C=O) groups is 2. The van der Waals surface area contributed by atoms with Crippen molar-refractivity contribution in [2.24, 2.45) is 5.92 Å². The summed E-state index contributed by atoms with van der Waals surface area (Å²) in [6.07, 6.45) is 0.194. The summed E-state index contributed by atoms with van der Waals surface area (Å²) in [5.41, 5.74) is 0.747. The van der Waals surface area contributed by atoms with Crippen LogP contribution in [0.3, 0.4) is 0 Å². The zero-order chi connectivity index (χ0) is 18.5. The summed E-state index contributed by atoms with van der Waals surface area (Å²) in [7, 11) is 0. The standard InChI is InChI=1S/C19H18Cl2N2O3/c20-14-5-7-15(8-6-14)23-12-13(11-18(23)24)19(25)22-9-10-26-17-4-2-1-3-16(17)21/h1-8,13H,9-12H2,(H,22,25)/t13-/m0/s1. The van der Waals surface area contributed by atoms with Crippen molar-refractivity contribution in [1.82, 2.24) is 5.32 Å². The Bertz CT molecular complexity index is 796. The summed E-state index contributed by atoms with van der Waals surface area (Å²) >= 11 is 11.9. The lowest BCUT2D eigenvalue weighted by atomic mass is 10.1. The third-order valence-corrected chi connectivity index (χ3v) is 4.69. The monoisotopic (exact) mass is 392 g/mol. The van der Waals surface area contributed by atoms with E-state index in [1.54, 1.807) is 41.3 Å². The second-order valence-electron chi connectivity index (χ2n) is 5.95. The zero-order valence-corrected chi connectivity index (χ0v) is 15.5. The molecule has 0 radical (unpaired) electrons. The van der Waals surface area contributed by atoms with E-state index < -0.39 is 0 Å². The van der Waals surface area contributed by atoms with Crippen LogP contribution < -0.4 is 15.0 Å². The molecule has 0 aliphatic carbocycles. The number of para-hydroxylation sites is 1. The Balaban J connectivity index is 1.47. The Morgan fingerprint density at radius 1 is 1.15 bits per heavy atom. The molecule has 2 aromatic rings. The van der Waals surface area contributed by atoms with E-state index in [1.165, 1.54) is 0 Å². The molecule has 0 saturated carbocycles. The first-order valence-electron chi connectivity index (χ1n) is 8.25. The number of nitrogens with zero attached hydrogens (tertiary/aromatic N) is 1. The summed E-state index contributed by atoms with van der Waals surface area (Å²) in [6, 6.07) is 14.2. The molecule has 136 valence electrons. The zero-order valence-electron chi connectivity index (χ0n) is 14.0. The smallest absolute Gasteiger partial charge is 0.227 e. The number of benzene rings is 2. The van der Waals surface area contributed by atoms with Gasteiger partial charge in [0, 0.05) is 23.7 Å². The molecule has 0 unspecified atom stereocenters. The van der Waals surface area contributed by atoms with Gasteiger partial charge in [-0.05, 0) is 36.4 Å². The second-order valence-corrected chi connectivity index (χ2v) is 6.80. The average molecular weight is 393 g/mol. The molecule has 1 aliphatic rings. The fraction of sp³-hybridized carbons (Fsp3) is 0.263. The van der Waals surface area contributed by atoms with Crippen LogP contribution >= 0.6 is 23.2 Å². The van der Waals surface area contributed by atoms with Crippen LogP contribution in [-0.4, -0.2) is 31.5 Å². The van der Waals surface area contributed by atoms with Crippen LogP contribution in [0.4, 0.5) is 5.69 Å². The van der Waals surface area contributed by atoms with Crippen LogP contribution in [0.2, 0.25) is 10.0 Å². The SMILES string of the molecule is O=C(NCCOc1ccccc1Cl)[C@H]1CC(=O)N(c2ccc(Cl)cc2)C1. The topological polar surface area (TPSA) is 58.6 Å². The Morgan fingerprint density at radius 2 is 1.88 bits per heavy atom. The van der Waals surface area contributed by atoms with Gasteiger partial charge in [0.1, 0.15) is 12.4 Å². The van der Waals surface area contributed by atoms with Crippen molar-refractivity contribution in [3.8, 4) is 5.75 Å². The highest BCUT2D eigenvalue weighted by Gasteiger charge is 2.34. The van der Waals surface area contributed by atoms with Crippen LogP contribution in [0, 0.1) is 5.92 Å². The van der Waals surface area contributed by atoms with Gasteiger partial charge in [-0.25, -0.2) is 0 Å². The molecule has 1 fully saturated rings. The minimum absolute atomic E-state index is 0.0696. The first kappa shape index (κ1) is 18.5. The molecule has 0 spiro atoms. The fourth-order valence-electron chi connectivity index (χ4n) is 2.80. The number of carbonyl (C=O) groups excluding carboxylic acids is 2. The van der Waals surface area contributed by atoms with Gasteiger partial charge in [0.05, 0.1) is 17.5 Å². The first-order chi connectivity index (χ1) is 12.5. The normalized spacial score (nSPS) is 16.6. The van der Waals surface area contributed by atoms with Gasteiger partial charge >= 0.3 is 0 Å². The molecule has 26 heavy (non-hydrogen) atoms. The van der Waals surface area contributed by atoms with E-state index in [9.17, 15) is 9.59 Å². The van der Waals surface area contributed by atoms with Gasteiger partial charge in [-0.3, -0.25) is 9.59 Å². The van der Waals surface area contributed by atoms with Crippen LogP contribution in [0.15, 0.2) is 48.5 Å². The van der Waals surface area contributed by atoms with Gasteiger partial charge in [0.2, 0.25) is 11.8 Å². The Morgan fingerprint density at radius 3 is 2.62 bits per heavy atom. The van der Waals surface area contributed by atoms with Crippen LogP contribution in [0.5, 0.6) is 5.75 Å². The highest BCUT2D eigenvalue weighted by Crippen LogP contribution is 2.26. The lowest BCUT2D eigenvalue weighted by molar-refractivity contribution is -0.126. The predicted molar refractivity (Wildman–Crippen MR) is 102 cm³/mol. The molecule has 1 saturated heterocycles. The van der Waals surface area contributed by atoms with Gasteiger partial charge < -0.3 is 15.0 Å². The molecule has 2 amide bonds. The maximum absolute atomic E-state index is 12.3. The summed E-state index contributed by atoms with van der Waals surface area (Å²) in [5.74, 6) is -0.0239. The summed E-state index contributed by atoms with van der Waals surface area (Å²) in [5, 5.41) is 3.94. The molecule has 3 rings (SSSR count). The highest BCUT2D eigenvalue weighted by molar-refractivity contribution is 6.32. The summed E-state index contributed by atoms with van der Waals surface area (Å²) in [6.45, 7) is 1.00. The van der Waals surface area contributed by atoms with Gasteiger partial charge in [-0.1, -0.05) is 35.3 Å². The molecule has 0 bridgehead atoms. The number of hydrogen-bond donors (Lipinski definition) is 1. The Hall–Kier alpha value is -2.24. The number of halogens is 2. The van der Waals surface area contributed by atoms with E-state index in [4.69, 9.17) is 27.9 Å². The number of hydrogen-bond acceptors (Lipinski definition) is 3. The maximum atomic E-state index is 12.3. The molecule has 5 nitrogen and oxygen atoms in total. The van der Waals surface area contributed by atoms with Gasteiger partial charge in [0.15, 0.2) is 0 Å². The maximum Gasteiger partial charge on any atom is 0.227 e. The van der Waals surface area contributed by atoms with Crippen molar-refractivity contribution in [1.29, 1.82) is 0 Å².